The summed E-state index contributed by atoms with van der Waals surface area (Å²) in [5.74, 6) is 1.24. The molecule has 0 spiro atoms. The molecule has 0 N–H and O–H groups in total. The molecule has 0 bridgehead atoms. The Hall–Kier alpha value is -1.02. The van der Waals surface area contributed by atoms with Gasteiger partial charge in [-0.3, -0.25) is 0 Å². The van der Waals surface area contributed by atoms with Gasteiger partial charge in [0, 0.05) is 17.5 Å². The van der Waals surface area contributed by atoms with Gasteiger partial charge in [0.15, 0.2) is 0 Å². The van der Waals surface area contributed by atoms with Gasteiger partial charge in [0.2, 0.25) is 0 Å². The van der Waals surface area contributed by atoms with Gasteiger partial charge >= 0.3 is 0 Å². The first kappa shape index (κ1) is 12.0. The van der Waals surface area contributed by atoms with Gasteiger partial charge < -0.3 is 4.57 Å². The fraction of sp³-hybridized carbons (Fsp3) is 0.533. The number of imidazole rings is 1. The van der Waals surface area contributed by atoms with E-state index < -0.39 is 0 Å². The summed E-state index contributed by atoms with van der Waals surface area (Å²) in [5.41, 5.74) is 2.31. The SMILES string of the molecule is CCCc1nc2ccc(Cl)cc2n1C1CCCC1. The molecule has 3 rings (SSSR count). The summed E-state index contributed by atoms with van der Waals surface area (Å²) in [6, 6.07) is 6.69. The predicted octanol–water partition coefficient (Wildman–Crippen LogP) is 4.76. The molecule has 3 heteroatoms. The normalized spacial score (nSPS) is 16.8. The van der Waals surface area contributed by atoms with Gasteiger partial charge in [0.1, 0.15) is 5.82 Å². The molecule has 1 aliphatic carbocycles. The Balaban J connectivity index is 2.16. The molecule has 2 nitrogen and oxygen atoms in total. The van der Waals surface area contributed by atoms with Crippen molar-refractivity contribution in [1.82, 2.24) is 9.55 Å². The molecule has 0 aliphatic heterocycles. The van der Waals surface area contributed by atoms with Crippen LogP contribution in [-0.2, 0) is 6.42 Å². The van der Waals surface area contributed by atoms with Crippen molar-refractivity contribution >= 4 is 22.6 Å². The molecule has 0 amide bonds. The number of rotatable bonds is 3. The van der Waals surface area contributed by atoms with E-state index in [0.717, 1.165) is 23.4 Å². The maximum absolute atomic E-state index is 6.14. The Morgan fingerprint density at radius 2 is 2.11 bits per heavy atom. The minimum Gasteiger partial charge on any atom is -0.325 e. The molecule has 1 fully saturated rings. The molecule has 96 valence electrons. The van der Waals surface area contributed by atoms with Gasteiger partial charge in [-0.2, -0.15) is 0 Å². The van der Waals surface area contributed by atoms with Crippen LogP contribution in [-0.4, -0.2) is 9.55 Å². The Morgan fingerprint density at radius 1 is 1.33 bits per heavy atom. The van der Waals surface area contributed by atoms with Gasteiger partial charge in [-0.15, -0.1) is 0 Å². The first-order chi connectivity index (χ1) is 8.79. The highest BCUT2D eigenvalue weighted by atomic mass is 35.5. The zero-order valence-corrected chi connectivity index (χ0v) is 11.6. The zero-order chi connectivity index (χ0) is 12.5. The van der Waals surface area contributed by atoms with E-state index in [2.05, 4.69) is 17.6 Å². The van der Waals surface area contributed by atoms with Crippen molar-refractivity contribution in [2.75, 3.05) is 0 Å². The number of aryl methyl sites for hydroxylation is 1. The summed E-state index contributed by atoms with van der Waals surface area (Å²) in [6.45, 7) is 2.21. The molecule has 0 radical (unpaired) electrons. The van der Waals surface area contributed by atoms with Crippen LogP contribution in [0, 0.1) is 0 Å². The molecule has 1 aromatic carbocycles. The number of benzene rings is 1. The van der Waals surface area contributed by atoms with Crippen molar-refractivity contribution in [3.63, 3.8) is 0 Å². The van der Waals surface area contributed by atoms with Gasteiger partial charge in [0.05, 0.1) is 11.0 Å². The summed E-state index contributed by atoms with van der Waals surface area (Å²) in [7, 11) is 0. The summed E-state index contributed by atoms with van der Waals surface area (Å²) in [6.07, 6.45) is 7.46. The van der Waals surface area contributed by atoms with E-state index in [1.165, 1.54) is 37.0 Å². The van der Waals surface area contributed by atoms with Crippen LogP contribution in [0.4, 0.5) is 0 Å². The van der Waals surface area contributed by atoms with E-state index in [0.29, 0.717) is 6.04 Å². The summed E-state index contributed by atoms with van der Waals surface area (Å²) < 4.78 is 2.46. The monoisotopic (exact) mass is 262 g/mol. The van der Waals surface area contributed by atoms with Gasteiger partial charge in [-0.1, -0.05) is 31.4 Å². The van der Waals surface area contributed by atoms with Crippen LogP contribution in [0.1, 0.15) is 50.9 Å². The second-order valence-corrected chi connectivity index (χ2v) is 5.66. The number of halogens is 1. The third-order valence-electron chi connectivity index (χ3n) is 3.89. The van der Waals surface area contributed by atoms with Gasteiger partial charge in [0.25, 0.3) is 0 Å². The lowest BCUT2D eigenvalue weighted by Crippen LogP contribution is -2.09. The molecule has 1 saturated carbocycles. The highest BCUT2D eigenvalue weighted by Crippen LogP contribution is 2.34. The van der Waals surface area contributed by atoms with Crippen LogP contribution in [0.15, 0.2) is 18.2 Å². The fourth-order valence-corrected chi connectivity index (χ4v) is 3.25. The Morgan fingerprint density at radius 3 is 2.83 bits per heavy atom. The molecule has 0 saturated heterocycles. The largest absolute Gasteiger partial charge is 0.325 e. The van der Waals surface area contributed by atoms with E-state index in [4.69, 9.17) is 16.6 Å². The second-order valence-electron chi connectivity index (χ2n) is 5.22. The summed E-state index contributed by atoms with van der Waals surface area (Å²) in [4.78, 5) is 4.79. The van der Waals surface area contributed by atoms with E-state index in [-0.39, 0.29) is 0 Å². The molecule has 18 heavy (non-hydrogen) atoms. The number of hydrogen-bond donors (Lipinski definition) is 0. The van der Waals surface area contributed by atoms with Crippen molar-refractivity contribution in [3.8, 4) is 0 Å². The molecule has 1 aliphatic rings. The lowest BCUT2D eigenvalue weighted by Gasteiger charge is -2.16. The Bertz CT molecular complexity index is 553. The van der Waals surface area contributed by atoms with Crippen molar-refractivity contribution in [2.24, 2.45) is 0 Å². The number of hydrogen-bond acceptors (Lipinski definition) is 1. The molecule has 0 unspecified atom stereocenters. The second kappa shape index (κ2) is 4.93. The molecule has 1 heterocycles. The quantitative estimate of drug-likeness (QED) is 0.780. The van der Waals surface area contributed by atoms with Crippen LogP contribution in [0.5, 0.6) is 0 Å². The lowest BCUT2D eigenvalue weighted by molar-refractivity contribution is 0.508. The minimum absolute atomic E-state index is 0.634. The van der Waals surface area contributed by atoms with Crippen LogP contribution < -0.4 is 0 Å². The molecule has 2 aromatic rings. The smallest absolute Gasteiger partial charge is 0.110 e. The predicted molar refractivity (Wildman–Crippen MR) is 76.2 cm³/mol. The van der Waals surface area contributed by atoms with Crippen LogP contribution in [0.3, 0.4) is 0 Å². The van der Waals surface area contributed by atoms with Crippen molar-refractivity contribution in [3.05, 3.63) is 29.0 Å². The van der Waals surface area contributed by atoms with E-state index in [9.17, 15) is 0 Å². The fourth-order valence-electron chi connectivity index (χ4n) is 3.09. The summed E-state index contributed by atoms with van der Waals surface area (Å²) in [5, 5.41) is 0.810. The zero-order valence-electron chi connectivity index (χ0n) is 10.8. The number of aromatic nitrogens is 2. The van der Waals surface area contributed by atoms with E-state index >= 15 is 0 Å². The maximum Gasteiger partial charge on any atom is 0.110 e. The third kappa shape index (κ3) is 2.03. The minimum atomic E-state index is 0.634. The standard InChI is InChI=1S/C15H19ClN2/c1-2-5-15-17-13-9-8-11(16)10-14(13)18(15)12-6-3-4-7-12/h8-10,12H,2-7H2,1H3. The van der Waals surface area contributed by atoms with Gasteiger partial charge in [-0.25, -0.2) is 4.98 Å². The highest BCUT2D eigenvalue weighted by Gasteiger charge is 2.22. The Kier molecular flexibility index (Phi) is 3.29. The number of nitrogens with zero attached hydrogens (tertiary/aromatic N) is 2. The highest BCUT2D eigenvalue weighted by molar-refractivity contribution is 6.31. The average molecular weight is 263 g/mol. The Labute approximate surface area is 113 Å². The summed E-state index contributed by atoms with van der Waals surface area (Å²) >= 11 is 6.14. The van der Waals surface area contributed by atoms with E-state index in [1.54, 1.807) is 0 Å². The van der Waals surface area contributed by atoms with Crippen LogP contribution >= 0.6 is 11.6 Å². The maximum atomic E-state index is 6.14. The van der Waals surface area contributed by atoms with Crippen molar-refractivity contribution in [2.45, 2.75) is 51.5 Å². The van der Waals surface area contributed by atoms with Crippen molar-refractivity contribution < 1.29 is 0 Å². The molecule has 1 aromatic heterocycles. The average Bonchev–Trinajstić information content (AvgIpc) is 2.95. The molecular weight excluding hydrogens is 244 g/mol. The topological polar surface area (TPSA) is 17.8 Å². The molecule has 0 atom stereocenters. The lowest BCUT2D eigenvalue weighted by atomic mass is 10.2. The first-order valence-corrected chi connectivity index (χ1v) is 7.33. The molecular formula is C15H19ClN2. The van der Waals surface area contributed by atoms with Gasteiger partial charge in [-0.05, 0) is 37.5 Å². The van der Waals surface area contributed by atoms with Crippen LogP contribution in [0.2, 0.25) is 5.02 Å². The van der Waals surface area contributed by atoms with E-state index in [1.807, 2.05) is 12.1 Å². The number of fused-ring (bicyclic) bond motifs is 1. The first-order valence-electron chi connectivity index (χ1n) is 6.96. The third-order valence-corrected chi connectivity index (χ3v) is 4.12. The van der Waals surface area contributed by atoms with Crippen molar-refractivity contribution in [1.29, 1.82) is 0 Å². The van der Waals surface area contributed by atoms with Crippen LogP contribution in [0.25, 0.3) is 11.0 Å².